The highest BCUT2D eigenvalue weighted by molar-refractivity contribution is 5.19. The van der Waals surface area contributed by atoms with Crippen molar-refractivity contribution in [1.29, 1.82) is 0 Å². The number of pyridine rings is 1. The van der Waals surface area contributed by atoms with Crippen LogP contribution in [0.4, 0.5) is 0 Å². The van der Waals surface area contributed by atoms with E-state index in [9.17, 15) is 0 Å². The molecular weight excluding hydrogens is 200 g/mol. The van der Waals surface area contributed by atoms with E-state index in [1.807, 2.05) is 20.2 Å². The first-order valence-corrected chi connectivity index (χ1v) is 5.94. The van der Waals surface area contributed by atoms with Gasteiger partial charge in [0.1, 0.15) is 0 Å². The predicted octanol–water partition coefficient (Wildman–Crippen LogP) is 2.08. The van der Waals surface area contributed by atoms with Crippen LogP contribution >= 0.6 is 0 Å². The second-order valence-corrected chi connectivity index (χ2v) is 4.60. The van der Waals surface area contributed by atoms with Gasteiger partial charge in [0, 0.05) is 18.5 Å². The van der Waals surface area contributed by atoms with Gasteiger partial charge in [0.2, 0.25) is 0 Å². The van der Waals surface area contributed by atoms with Gasteiger partial charge >= 0.3 is 0 Å². The third kappa shape index (κ3) is 2.25. The molecule has 0 saturated carbocycles. The van der Waals surface area contributed by atoms with Gasteiger partial charge in [0.15, 0.2) is 0 Å². The lowest BCUT2D eigenvalue weighted by Gasteiger charge is -2.25. The topological polar surface area (TPSA) is 34.2 Å². The second-order valence-electron chi connectivity index (χ2n) is 4.60. The van der Waals surface area contributed by atoms with E-state index in [-0.39, 0.29) is 12.1 Å². The highest BCUT2D eigenvalue weighted by Crippen LogP contribution is 2.30. The summed E-state index contributed by atoms with van der Waals surface area (Å²) in [5.41, 5.74) is 2.27. The summed E-state index contributed by atoms with van der Waals surface area (Å²) >= 11 is 0. The lowest BCUT2D eigenvalue weighted by atomic mass is 9.93. The molecule has 3 nitrogen and oxygen atoms in total. The minimum absolute atomic E-state index is 0.255. The van der Waals surface area contributed by atoms with E-state index in [4.69, 9.17) is 4.74 Å². The first-order chi connectivity index (χ1) is 7.72. The Morgan fingerprint density at radius 3 is 2.81 bits per heavy atom. The fraction of sp³-hybridized carbons (Fsp3) is 0.615. The summed E-state index contributed by atoms with van der Waals surface area (Å²) in [5, 5.41) is 3.35. The number of aromatic nitrogens is 1. The van der Waals surface area contributed by atoms with Crippen LogP contribution in [0, 0.1) is 12.8 Å². The number of aryl methyl sites for hydroxylation is 1. The fourth-order valence-electron chi connectivity index (χ4n) is 2.33. The van der Waals surface area contributed by atoms with E-state index in [0.717, 1.165) is 18.7 Å². The molecule has 0 amide bonds. The highest BCUT2D eigenvalue weighted by Gasteiger charge is 2.32. The smallest absolute Gasteiger partial charge is 0.0796 e. The van der Waals surface area contributed by atoms with Crippen LogP contribution in [-0.4, -0.2) is 24.7 Å². The van der Waals surface area contributed by atoms with E-state index < -0.39 is 0 Å². The van der Waals surface area contributed by atoms with E-state index >= 15 is 0 Å². The van der Waals surface area contributed by atoms with E-state index in [2.05, 4.69) is 29.4 Å². The summed E-state index contributed by atoms with van der Waals surface area (Å²) in [6.07, 6.45) is 3.38. The van der Waals surface area contributed by atoms with Crippen molar-refractivity contribution in [3.63, 3.8) is 0 Å². The normalized spacial score (nSPS) is 26.9. The van der Waals surface area contributed by atoms with Crippen LogP contribution in [0.1, 0.15) is 30.6 Å². The molecule has 3 unspecified atom stereocenters. The first kappa shape index (κ1) is 11.6. The van der Waals surface area contributed by atoms with Gasteiger partial charge in [0.25, 0.3) is 0 Å². The minimum Gasteiger partial charge on any atom is -0.376 e. The number of ether oxygens (including phenoxy) is 1. The van der Waals surface area contributed by atoms with Crippen molar-refractivity contribution in [2.75, 3.05) is 13.7 Å². The number of rotatable bonds is 3. The van der Waals surface area contributed by atoms with Crippen LogP contribution in [0.25, 0.3) is 0 Å². The summed E-state index contributed by atoms with van der Waals surface area (Å²) in [7, 11) is 1.99. The Morgan fingerprint density at radius 1 is 1.50 bits per heavy atom. The largest absolute Gasteiger partial charge is 0.376 e. The van der Waals surface area contributed by atoms with Gasteiger partial charge in [-0.15, -0.1) is 0 Å². The molecule has 1 aliphatic rings. The number of hydrogen-bond donors (Lipinski definition) is 1. The maximum Gasteiger partial charge on any atom is 0.0796 e. The standard InChI is InChI=1S/C13H20N2O/c1-9-6-7-16-13(9)12(14-3)11-5-4-10(2)15-8-11/h4-5,8-9,12-14H,6-7H2,1-3H3. The van der Waals surface area contributed by atoms with Gasteiger partial charge in [-0.2, -0.15) is 0 Å². The molecule has 2 rings (SSSR count). The maximum absolute atomic E-state index is 5.81. The molecule has 0 aliphatic carbocycles. The van der Waals surface area contributed by atoms with Gasteiger partial charge in [-0.1, -0.05) is 13.0 Å². The quantitative estimate of drug-likeness (QED) is 0.846. The Morgan fingerprint density at radius 2 is 2.31 bits per heavy atom. The molecule has 1 aromatic heterocycles. The molecule has 1 saturated heterocycles. The summed E-state index contributed by atoms with van der Waals surface area (Å²) in [6.45, 7) is 5.14. The zero-order chi connectivity index (χ0) is 11.5. The van der Waals surface area contributed by atoms with Gasteiger partial charge in [0.05, 0.1) is 12.1 Å². The summed E-state index contributed by atoms with van der Waals surface area (Å²) in [6, 6.07) is 4.45. The highest BCUT2D eigenvalue weighted by atomic mass is 16.5. The van der Waals surface area contributed by atoms with E-state index in [1.54, 1.807) is 0 Å². The molecule has 1 fully saturated rings. The minimum atomic E-state index is 0.255. The Balaban J connectivity index is 2.18. The fourth-order valence-corrected chi connectivity index (χ4v) is 2.33. The molecule has 1 aromatic rings. The summed E-state index contributed by atoms with van der Waals surface area (Å²) in [5.74, 6) is 0.610. The average Bonchev–Trinajstić information content (AvgIpc) is 2.69. The van der Waals surface area contributed by atoms with Crippen LogP contribution in [0.3, 0.4) is 0 Å². The lowest BCUT2D eigenvalue weighted by Crippen LogP contribution is -2.32. The zero-order valence-electron chi connectivity index (χ0n) is 10.2. The third-order valence-electron chi connectivity index (χ3n) is 3.38. The van der Waals surface area contributed by atoms with E-state index in [0.29, 0.717) is 5.92 Å². The molecule has 1 aliphatic heterocycles. The summed E-state index contributed by atoms with van der Waals surface area (Å²) in [4.78, 5) is 4.35. The van der Waals surface area contributed by atoms with Gasteiger partial charge in [-0.3, -0.25) is 4.98 Å². The molecule has 88 valence electrons. The molecule has 2 heterocycles. The van der Waals surface area contributed by atoms with Crippen molar-refractivity contribution >= 4 is 0 Å². The lowest BCUT2D eigenvalue weighted by molar-refractivity contribution is 0.0630. The van der Waals surface area contributed by atoms with Crippen molar-refractivity contribution in [2.45, 2.75) is 32.4 Å². The Kier molecular flexibility index (Phi) is 3.56. The molecule has 0 aromatic carbocycles. The first-order valence-electron chi connectivity index (χ1n) is 5.94. The SMILES string of the molecule is CNC(c1ccc(C)nc1)C1OCCC1C. The zero-order valence-corrected chi connectivity index (χ0v) is 10.2. The number of likely N-dealkylation sites (N-methyl/N-ethyl adjacent to an activating group) is 1. The van der Waals surface area contributed by atoms with Crippen LogP contribution in [0.2, 0.25) is 0 Å². The average molecular weight is 220 g/mol. The molecule has 0 radical (unpaired) electrons. The molecule has 1 N–H and O–H groups in total. The van der Waals surface area contributed by atoms with Crippen LogP contribution in [0.5, 0.6) is 0 Å². The van der Waals surface area contributed by atoms with Gasteiger partial charge in [-0.05, 0) is 37.9 Å². The molecule has 0 bridgehead atoms. The molecule has 0 spiro atoms. The van der Waals surface area contributed by atoms with Gasteiger partial charge in [-0.25, -0.2) is 0 Å². The second kappa shape index (κ2) is 4.93. The third-order valence-corrected chi connectivity index (χ3v) is 3.38. The predicted molar refractivity (Wildman–Crippen MR) is 64.3 cm³/mol. The Labute approximate surface area is 97.2 Å². The number of nitrogens with zero attached hydrogens (tertiary/aromatic N) is 1. The van der Waals surface area contributed by atoms with Crippen molar-refractivity contribution in [1.82, 2.24) is 10.3 Å². The van der Waals surface area contributed by atoms with Gasteiger partial charge < -0.3 is 10.1 Å². The van der Waals surface area contributed by atoms with Crippen molar-refractivity contribution < 1.29 is 4.74 Å². The molecule has 16 heavy (non-hydrogen) atoms. The van der Waals surface area contributed by atoms with Crippen molar-refractivity contribution in [3.8, 4) is 0 Å². The van der Waals surface area contributed by atoms with Crippen molar-refractivity contribution in [2.24, 2.45) is 5.92 Å². The number of nitrogens with one attached hydrogen (secondary N) is 1. The number of hydrogen-bond acceptors (Lipinski definition) is 3. The van der Waals surface area contributed by atoms with Crippen molar-refractivity contribution in [3.05, 3.63) is 29.6 Å². The molecule has 3 atom stereocenters. The van der Waals surface area contributed by atoms with Crippen LogP contribution in [0.15, 0.2) is 18.3 Å². The summed E-state index contributed by atoms with van der Waals surface area (Å²) < 4.78 is 5.81. The maximum atomic E-state index is 5.81. The monoisotopic (exact) mass is 220 g/mol. The Hall–Kier alpha value is -0.930. The molecule has 3 heteroatoms. The van der Waals surface area contributed by atoms with Crippen LogP contribution < -0.4 is 5.32 Å². The Bertz CT molecular complexity index is 336. The van der Waals surface area contributed by atoms with Crippen LogP contribution in [-0.2, 0) is 4.74 Å². The van der Waals surface area contributed by atoms with E-state index in [1.165, 1.54) is 5.56 Å². The molecular formula is C13H20N2O.